The second-order valence-corrected chi connectivity index (χ2v) is 6.30. The van der Waals surface area contributed by atoms with E-state index in [4.69, 9.17) is 0 Å². The molecule has 0 radical (unpaired) electrons. The third kappa shape index (κ3) is 5.70. The topological polar surface area (TPSA) is 54.0 Å². The van der Waals surface area contributed by atoms with Gasteiger partial charge in [0.15, 0.2) is 0 Å². The number of piperidine rings is 1. The van der Waals surface area contributed by atoms with E-state index >= 15 is 0 Å². The van der Waals surface area contributed by atoms with Crippen molar-refractivity contribution >= 4 is 42.1 Å². The number of halogens is 3. The van der Waals surface area contributed by atoms with Crippen molar-refractivity contribution in [1.82, 2.24) is 15.6 Å². The molecule has 4 nitrogen and oxygen atoms in total. The van der Waals surface area contributed by atoms with Crippen LogP contribution >= 0.6 is 36.2 Å². The lowest BCUT2D eigenvalue weighted by Crippen LogP contribution is -2.46. The van der Waals surface area contributed by atoms with Gasteiger partial charge in [0.25, 0.3) is 0 Å². The maximum atomic E-state index is 13.2. The van der Waals surface area contributed by atoms with Crippen molar-refractivity contribution < 1.29 is 9.18 Å². The molecule has 2 N–H and O–H groups in total. The van der Waals surface area contributed by atoms with Crippen LogP contribution in [0.1, 0.15) is 18.5 Å². The van der Waals surface area contributed by atoms with Gasteiger partial charge in [0.05, 0.1) is 12.1 Å². The monoisotopic (exact) mass is 391 g/mol. The molecule has 1 aliphatic rings. The van der Waals surface area contributed by atoms with E-state index in [-0.39, 0.29) is 49.0 Å². The fourth-order valence-corrected chi connectivity index (χ4v) is 3.38. The van der Waals surface area contributed by atoms with Gasteiger partial charge >= 0.3 is 0 Å². The van der Waals surface area contributed by atoms with Gasteiger partial charge in [-0.1, -0.05) is 12.1 Å². The number of rotatable bonds is 4. The highest BCUT2D eigenvalue weighted by atomic mass is 35.5. The first-order valence-electron chi connectivity index (χ1n) is 7.41. The summed E-state index contributed by atoms with van der Waals surface area (Å²) in [6.45, 7) is 1.85. The predicted octanol–water partition coefficient (Wildman–Crippen LogP) is 3.20. The highest BCUT2D eigenvalue weighted by Gasteiger charge is 2.16. The number of carbonyl (C=O) groups excluding carboxylic acids is 1. The Hall–Kier alpha value is -1.21. The van der Waals surface area contributed by atoms with Crippen LogP contribution in [-0.4, -0.2) is 30.0 Å². The second kappa shape index (κ2) is 9.93. The summed E-state index contributed by atoms with van der Waals surface area (Å²) in [5.74, 6) is -0.290. The van der Waals surface area contributed by atoms with Gasteiger partial charge < -0.3 is 10.6 Å². The molecule has 1 atom stereocenters. The van der Waals surface area contributed by atoms with Gasteiger partial charge in [-0.3, -0.25) is 4.79 Å². The van der Waals surface area contributed by atoms with E-state index in [1.165, 1.54) is 23.5 Å². The first-order valence-corrected chi connectivity index (χ1v) is 8.29. The second-order valence-electron chi connectivity index (χ2n) is 5.44. The number of carbonyl (C=O) groups is 1. The summed E-state index contributed by atoms with van der Waals surface area (Å²) < 4.78 is 13.2. The van der Waals surface area contributed by atoms with Gasteiger partial charge in [-0.2, -0.15) is 0 Å². The van der Waals surface area contributed by atoms with Crippen molar-refractivity contribution in [2.45, 2.75) is 25.3 Å². The van der Waals surface area contributed by atoms with E-state index in [2.05, 4.69) is 15.6 Å². The molecule has 1 amide bonds. The highest BCUT2D eigenvalue weighted by Crippen LogP contribution is 2.24. The predicted molar refractivity (Wildman–Crippen MR) is 99.7 cm³/mol. The summed E-state index contributed by atoms with van der Waals surface area (Å²) in [5, 5.41) is 8.90. The number of benzene rings is 1. The molecule has 1 aromatic carbocycles. The van der Waals surface area contributed by atoms with Crippen molar-refractivity contribution in [3.05, 3.63) is 41.2 Å². The Labute approximate surface area is 157 Å². The zero-order valence-electron chi connectivity index (χ0n) is 13.0. The number of hydrogen-bond donors (Lipinski definition) is 2. The lowest BCUT2D eigenvalue weighted by atomic mass is 10.1. The number of hydrogen-bond acceptors (Lipinski definition) is 4. The van der Waals surface area contributed by atoms with Gasteiger partial charge in [0.1, 0.15) is 10.8 Å². The molecule has 1 saturated heterocycles. The van der Waals surface area contributed by atoms with Crippen LogP contribution in [0.2, 0.25) is 0 Å². The molecule has 3 rings (SSSR count). The molecule has 1 aliphatic heterocycles. The summed E-state index contributed by atoms with van der Waals surface area (Å²) in [7, 11) is 0. The molecule has 24 heavy (non-hydrogen) atoms. The Morgan fingerprint density at radius 1 is 1.42 bits per heavy atom. The summed E-state index contributed by atoms with van der Waals surface area (Å²) in [5.41, 5.74) is 1.47. The van der Waals surface area contributed by atoms with Crippen LogP contribution in [0.5, 0.6) is 0 Å². The molecule has 0 bridgehead atoms. The number of nitrogens with one attached hydrogen (secondary N) is 2. The molecule has 8 heteroatoms. The summed E-state index contributed by atoms with van der Waals surface area (Å²) in [4.78, 5) is 16.5. The molecule has 132 valence electrons. The van der Waals surface area contributed by atoms with Crippen LogP contribution in [0.3, 0.4) is 0 Å². The van der Waals surface area contributed by atoms with Crippen LogP contribution in [-0.2, 0) is 11.2 Å². The van der Waals surface area contributed by atoms with Crippen LogP contribution in [0, 0.1) is 5.82 Å². The van der Waals surface area contributed by atoms with Crippen LogP contribution in [0.15, 0.2) is 29.6 Å². The maximum absolute atomic E-state index is 13.2. The van der Waals surface area contributed by atoms with Gasteiger partial charge in [-0.05, 0) is 31.5 Å². The number of nitrogens with zero attached hydrogens (tertiary/aromatic N) is 1. The average molecular weight is 392 g/mol. The molecule has 1 aromatic heterocycles. The SMILES string of the molecule is Cl.Cl.O=C(Cc1csc(-c2cccc(F)c2)n1)NC1CCCNC1. The Kier molecular flexibility index (Phi) is 8.62. The third-order valence-corrected chi connectivity index (χ3v) is 4.57. The van der Waals surface area contributed by atoms with Crippen molar-refractivity contribution in [3.8, 4) is 10.6 Å². The largest absolute Gasteiger partial charge is 0.352 e. The third-order valence-electron chi connectivity index (χ3n) is 3.63. The van der Waals surface area contributed by atoms with Crippen LogP contribution < -0.4 is 10.6 Å². The minimum Gasteiger partial charge on any atom is -0.352 e. The lowest BCUT2D eigenvalue weighted by Gasteiger charge is -2.23. The van der Waals surface area contributed by atoms with E-state index in [0.29, 0.717) is 0 Å². The van der Waals surface area contributed by atoms with E-state index in [9.17, 15) is 9.18 Å². The first-order chi connectivity index (χ1) is 10.7. The number of aromatic nitrogens is 1. The summed E-state index contributed by atoms with van der Waals surface area (Å²) in [6.07, 6.45) is 2.37. The van der Waals surface area contributed by atoms with Crippen molar-refractivity contribution in [1.29, 1.82) is 0 Å². The molecular formula is C16H20Cl2FN3OS. The Morgan fingerprint density at radius 3 is 2.96 bits per heavy atom. The molecule has 2 heterocycles. The molecule has 0 saturated carbocycles. The first kappa shape index (κ1) is 20.8. The van der Waals surface area contributed by atoms with E-state index in [0.717, 1.165) is 42.2 Å². The summed E-state index contributed by atoms with van der Waals surface area (Å²) in [6, 6.07) is 6.55. The minimum absolute atomic E-state index is 0. The van der Waals surface area contributed by atoms with Crippen molar-refractivity contribution in [2.24, 2.45) is 0 Å². The molecule has 0 spiro atoms. The molecule has 1 fully saturated rings. The van der Waals surface area contributed by atoms with Gasteiger partial charge in [0, 0.05) is 23.5 Å². The van der Waals surface area contributed by atoms with Crippen molar-refractivity contribution in [2.75, 3.05) is 13.1 Å². The molecule has 2 aromatic rings. The normalized spacial score (nSPS) is 16.6. The molecule has 0 aliphatic carbocycles. The maximum Gasteiger partial charge on any atom is 0.226 e. The van der Waals surface area contributed by atoms with E-state index in [1.807, 2.05) is 11.4 Å². The fourth-order valence-electron chi connectivity index (χ4n) is 2.56. The smallest absolute Gasteiger partial charge is 0.226 e. The molecule has 1 unspecified atom stereocenters. The van der Waals surface area contributed by atoms with Crippen molar-refractivity contribution in [3.63, 3.8) is 0 Å². The summed E-state index contributed by atoms with van der Waals surface area (Å²) >= 11 is 1.43. The molecular weight excluding hydrogens is 372 g/mol. The van der Waals surface area contributed by atoms with Crippen LogP contribution in [0.4, 0.5) is 4.39 Å². The highest BCUT2D eigenvalue weighted by molar-refractivity contribution is 7.13. The van der Waals surface area contributed by atoms with Gasteiger partial charge in [-0.15, -0.1) is 36.2 Å². The lowest BCUT2D eigenvalue weighted by molar-refractivity contribution is -0.121. The van der Waals surface area contributed by atoms with Gasteiger partial charge in [-0.25, -0.2) is 9.37 Å². The zero-order valence-corrected chi connectivity index (χ0v) is 15.4. The quantitative estimate of drug-likeness (QED) is 0.840. The number of thiazole rings is 1. The standard InChI is InChI=1S/C16H18FN3OS.2ClH/c17-12-4-1-3-11(7-12)16-20-14(10-22-16)8-15(21)19-13-5-2-6-18-9-13;;/h1,3-4,7,10,13,18H,2,5-6,8-9H2,(H,19,21);2*1H. The Bertz CT molecular complexity index is 662. The van der Waals surface area contributed by atoms with E-state index < -0.39 is 0 Å². The number of amides is 1. The van der Waals surface area contributed by atoms with Crippen LogP contribution in [0.25, 0.3) is 10.6 Å². The van der Waals surface area contributed by atoms with Gasteiger partial charge in [0.2, 0.25) is 5.91 Å². The Balaban J connectivity index is 0.00000144. The average Bonchev–Trinajstić information content (AvgIpc) is 2.96. The fraction of sp³-hybridized carbons (Fsp3) is 0.375. The zero-order chi connectivity index (χ0) is 15.4. The van der Waals surface area contributed by atoms with E-state index in [1.54, 1.807) is 6.07 Å². The Morgan fingerprint density at radius 2 is 2.25 bits per heavy atom. The minimum atomic E-state index is -0.281.